The second kappa shape index (κ2) is 11.9. The van der Waals surface area contributed by atoms with E-state index in [0.717, 1.165) is 16.9 Å². The number of amides is 3. The third-order valence-corrected chi connectivity index (χ3v) is 6.22. The summed E-state index contributed by atoms with van der Waals surface area (Å²) in [6, 6.07) is 7.81. The van der Waals surface area contributed by atoms with Crippen LogP contribution in [0.1, 0.15) is 53.5 Å². The van der Waals surface area contributed by atoms with E-state index < -0.39 is 36.3 Å². The number of hydrogen-bond donors (Lipinski definition) is 3. The molecule has 0 fully saturated rings. The van der Waals surface area contributed by atoms with Crippen LogP contribution in [0.4, 0.5) is 5.00 Å². The average Bonchev–Trinajstić information content (AvgIpc) is 3.22. The zero-order valence-electron chi connectivity index (χ0n) is 19.1. The van der Waals surface area contributed by atoms with Gasteiger partial charge in [-0.2, -0.15) is 11.8 Å². The first-order valence-electron chi connectivity index (χ1n) is 10.3. The minimum atomic E-state index is -0.900. The van der Waals surface area contributed by atoms with Crippen molar-refractivity contribution in [2.75, 3.05) is 23.9 Å². The van der Waals surface area contributed by atoms with Crippen molar-refractivity contribution in [1.82, 2.24) is 5.32 Å². The Morgan fingerprint density at radius 1 is 1.12 bits per heavy atom. The topological polar surface area (TPSA) is 128 Å². The second-order valence-electron chi connectivity index (χ2n) is 8.32. The molecule has 0 radical (unpaired) electrons. The van der Waals surface area contributed by atoms with Crippen LogP contribution >= 0.6 is 23.1 Å². The molecule has 0 saturated heterocycles. The maximum Gasteiger partial charge on any atom is 0.329 e. The summed E-state index contributed by atoms with van der Waals surface area (Å²) in [5.41, 5.74) is 6.92. The minimum absolute atomic E-state index is 0.0401. The molecule has 8 nitrogen and oxygen atoms in total. The van der Waals surface area contributed by atoms with Gasteiger partial charge in [0.15, 0.2) is 6.61 Å². The van der Waals surface area contributed by atoms with Crippen molar-refractivity contribution in [3.05, 3.63) is 52.4 Å². The number of thiophene rings is 1. The summed E-state index contributed by atoms with van der Waals surface area (Å²) in [5, 5.41) is 7.11. The number of anilines is 1. The molecule has 0 saturated carbocycles. The van der Waals surface area contributed by atoms with Crippen molar-refractivity contribution in [2.45, 2.75) is 38.6 Å². The molecule has 0 aliphatic carbocycles. The van der Waals surface area contributed by atoms with Crippen LogP contribution in [0.2, 0.25) is 0 Å². The van der Waals surface area contributed by atoms with Crippen LogP contribution in [0.15, 0.2) is 35.7 Å². The smallest absolute Gasteiger partial charge is 0.329 e. The second-order valence-corrected chi connectivity index (χ2v) is 10.2. The highest BCUT2D eigenvalue weighted by Gasteiger charge is 2.24. The predicted octanol–water partition coefficient (Wildman–Crippen LogP) is 3.18. The lowest BCUT2D eigenvalue weighted by atomic mass is 9.86. The molecule has 0 bridgehead atoms. The number of ether oxygens (including phenoxy) is 1. The fraction of sp³-hybridized carbons (Fsp3) is 0.391. The van der Waals surface area contributed by atoms with Crippen LogP contribution in [0.25, 0.3) is 0 Å². The number of carbonyl (C=O) groups excluding carboxylic acids is 4. The molecule has 0 spiro atoms. The summed E-state index contributed by atoms with van der Waals surface area (Å²) in [5.74, 6) is -1.76. The number of carbonyl (C=O) groups is 4. The summed E-state index contributed by atoms with van der Waals surface area (Å²) >= 11 is 2.66. The Morgan fingerprint density at radius 3 is 2.36 bits per heavy atom. The molecule has 3 amide bonds. The fourth-order valence-corrected chi connectivity index (χ4v) is 4.13. The monoisotopic (exact) mass is 491 g/mol. The van der Waals surface area contributed by atoms with Crippen molar-refractivity contribution in [3.8, 4) is 0 Å². The SMILES string of the molecule is CSCCC(NC(=O)c1ccc(C(C)(C)C)cc1)C(=O)OCC(=O)Nc1sccc1C(N)=O. The first-order valence-corrected chi connectivity index (χ1v) is 12.5. The summed E-state index contributed by atoms with van der Waals surface area (Å²) in [7, 11) is 0. The highest BCUT2D eigenvalue weighted by molar-refractivity contribution is 7.98. The molecule has 1 atom stereocenters. The summed E-state index contributed by atoms with van der Waals surface area (Å²) in [6.45, 7) is 5.69. The summed E-state index contributed by atoms with van der Waals surface area (Å²) < 4.78 is 5.13. The standard InChI is InChI=1S/C23H29N3O5S2/c1-23(2,3)15-7-5-14(6-8-15)20(29)25-17(10-11-32-4)22(30)31-13-18(27)26-21-16(19(24)28)9-12-33-21/h5-9,12,17H,10-11,13H2,1-4H3,(H2,24,28)(H,25,29)(H,26,27). The van der Waals surface area contributed by atoms with Crippen LogP contribution in [0.3, 0.4) is 0 Å². The predicted molar refractivity (Wildman–Crippen MR) is 132 cm³/mol. The number of rotatable bonds is 10. The van der Waals surface area contributed by atoms with E-state index in [4.69, 9.17) is 10.5 Å². The molecule has 4 N–H and O–H groups in total. The van der Waals surface area contributed by atoms with E-state index in [1.807, 2.05) is 18.4 Å². The third-order valence-electron chi connectivity index (χ3n) is 4.74. The van der Waals surface area contributed by atoms with Gasteiger partial charge in [-0.1, -0.05) is 32.9 Å². The number of nitrogens with one attached hydrogen (secondary N) is 2. The lowest BCUT2D eigenvalue weighted by molar-refractivity contribution is -0.149. The Hall–Kier alpha value is -2.85. The van der Waals surface area contributed by atoms with Gasteiger partial charge in [0.2, 0.25) is 0 Å². The van der Waals surface area contributed by atoms with Gasteiger partial charge >= 0.3 is 5.97 Å². The Morgan fingerprint density at radius 2 is 1.79 bits per heavy atom. The van der Waals surface area contributed by atoms with Crippen LogP contribution < -0.4 is 16.4 Å². The number of hydrogen-bond acceptors (Lipinski definition) is 7. The minimum Gasteiger partial charge on any atom is -0.454 e. The van der Waals surface area contributed by atoms with Gasteiger partial charge in [0, 0.05) is 5.56 Å². The lowest BCUT2D eigenvalue weighted by Gasteiger charge is -2.20. The van der Waals surface area contributed by atoms with Gasteiger partial charge in [-0.05, 0) is 53.0 Å². The Bertz CT molecular complexity index is 996. The first kappa shape index (κ1) is 26.4. The Labute approximate surface area is 201 Å². The highest BCUT2D eigenvalue weighted by Crippen LogP contribution is 2.23. The quantitative estimate of drug-likeness (QED) is 0.438. The number of primary amides is 1. The highest BCUT2D eigenvalue weighted by atomic mass is 32.2. The zero-order chi connectivity index (χ0) is 24.6. The molecule has 1 aromatic carbocycles. The molecule has 0 aliphatic rings. The van der Waals surface area contributed by atoms with E-state index in [2.05, 4.69) is 31.4 Å². The van der Waals surface area contributed by atoms with Crippen molar-refractivity contribution in [3.63, 3.8) is 0 Å². The Kier molecular flexibility index (Phi) is 9.48. The molecule has 0 aliphatic heterocycles. The normalized spacial score (nSPS) is 12.0. The maximum absolute atomic E-state index is 12.7. The van der Waals surface area contributed by atoms with Crippen LogP contribution in [-0.4, -0.2) is 48.3 Å². The Balaban J connectivity index is 1.98. The number of esters is 1. The van der Waals surface area contributed by atoms with E-state index in [-0.39, 0.29) is 16.0 Å². The van der Waals surface area contributed by atoms with Gasteiger partial charge in [-0.25, -0.2) is 4.79 Å². The van der Waals surface area contributed by atoms with Crippen LogP contribution in [0, 0.1) is 0 Å². The number of thioether (sulfide) groups is 1. The number of nitrogens with two attached hydrogens (primary N) is 1. The summed E-state index contributed by atoms with van der Waals surface area (Å²) in [6.07, 6.45) is 2.24. The van der Waals surface area contributed by atoms with E-state index in [9.17, 15) is 19.2 Å². The van der Waals surface area contributed by atoms with Crippen molar-refractivity contribution in [1.29, 1.82) is 0 Å². The van der Waals surface area contributed by atoms with Crippen LogP contribution in [0.5, 0.6) is 0 Å². The van der Waals surface area contributed by atoms with Gasteiger partial charge in [0.25, 0.3) is 17.7 Å². The van der Waals surface area contributed by atoms with Gasteiger partial charge < -0.3 is 21.1 Å². The first-order chi connectivity index (χ1) is 15.5. The molecular weight excluding hydrogens is 462 g/mol. The molecular formula is C23H29N3O5S2. The largest absolute Gasteiger partial charge is 0.454 e. The molecule has 1 unspecified atom stereocenters. The average molecular weight is 492 g/mol. The van der Waals surface area contributed by atoms with Gasteiger partial charge in [-0.15, -0.1) is 11.3 Å². The van der Waals surface area contributed by atoms with E-state index in [1.165, 1.54) is 17.8 Å². The zero-order valence-corrected chi connectivity index (χ0v) is 20.7. The molecule has 1 heterocycles. The van der Waals surface area contributed by atoms with E-state index in [0.29, 0.717) is 17.7 Å². The molecule has 2 aromatic rings. The number of benzene rings is 1. The van der Waals surface area contributed by atoms with Crippen molar-refractivity contribution >= 4 is 51.8 Å². The molecule has 1 aromatic heterocycles. The van der Waals surface area contributed by atoms with E-state index in [1.54, 1.807) is 17.5 Å². The maximum atomic E-state index is 12.7. The van der Waals surface area contributed by atoms with Crippen molar-refractivity contribution in [2.24, 2.45) is 5.73 Å². The van der Waals surface area contributed by atoms with Gasteiger partial charge in [0.05, 0.1) is 5.56 Å². The molecule has 10 heteroatoms. The van der Waals surface area contributed by atoms with Gasteiger partial charge in [0.1, 0.15) is 11.0 Å². The fourth-order valence-electron chi connectivity index (χ4n) is 2.85. The summed E-state index contributed by atoms with van der Waals surface area (Å²) in [4.78, 5) is 48.8. The van der Waals surface area contributed by atoms with E-state index >= 15 is 0 Å². The molecule has 2 rings (SSSR count). The third kappa shape index (κ3) is 7.90. The van der Waals surface area contributed by atoms with Gasteiger partial charge in [-0.3, -0.25) is 14.4 Å². The lowest BCUT2D eigenvalue weighted by Crippen LogP contribution is -2.43. The molecule has 33 heavy (non-hydrogen) atoms. The van der Waals surface area contributed by atoms with Crippen molar-refractivity contribution < 1.29 is 23.9 Å². The van der Waals surface area contributed by atoms with Crippen LogP contribution in [-0.2, 0) is 19.7 Å². The molecule has 178 valence electrons.